The molecule has 30 heavy (non-hydrogen) atoms. The highest BCUT2D eigenvalue weighted by Crippen LogP contribution is 2.38. The van der Waals surface area contributed by atoms with Crippen molar-refractivity contribution in [2.45, 2.75) is 37.5 Å². The predicted molar refractivity (Wildman–Crippen MR) is 115 cm³/mol. The Morgan fingerprint density at radius 1 is 1.03 bits per heavy atom. The van der Waals surface area contributed by atoms with Gasteiger partial charge in [-0.2, -0.15) is 0 Å². The lowest BCUT2D eigenvalue weighted by atomic mass is 9.91. The minimum atomic E-state index is -3.71. The number of rotatable bonds is 7. The minimum absolute atomic E-state index is 0.102. The van der Waals surface area contributed by atoms with E-state index in [1.165, 1.54) is 18.2 Å². The monoisotopic (exact) mass is 429 g/mol. The van der Waals surface area contributed by atoms with Crippen molar-refractivity contribution in [3.05, 3.63) is 64.7 Å². The first-order chi connectivity index (χ1) is 14.3. The molecule has 1 unspecified atom stereocenters. The number of hydrogen-bond donors (Lipinski definition) is 0. The molecule has 0 spiro atoms. The van der Waals surface area contributed by atoms with E-state index in [2.05, 4.69) is 0 Å². The fourth-order valence-electron chi connectivity index (χ4n) is 3.57. The van der Waals surface area contributed by atoms with Gasteiger partial charge in [-0.1, -0.05) is 30.7 Å². The lowest BCUT2D eigenvalue weighted by Crippen LogP contribution is -2.36. The highest BCUT2D eigenvalue weighted by molar-refractivity contribution is 7.95. The highest BCUT2D eigenvalue weighted by Gasteiger charge is 2.36. The molecule has 1 aliphatic heterocycles. The molecule has 1 aliphatic rings. The Labute approximate surface area is 178 Å². The van der Waals surface area contributed by atoms with Crippen molar-refractivity contribution in [2.24, 2.45) is 0 Å². The standard InChI is InChI=1S/C23H27NO5S/c1-5-12-24-15-19(30(26,27)18-9-6-16(2)7-10-18)14-20(23(24)25)17-8-11-21(28-3)22(13-17)29-4/h6-11,13,15,20H,5,12,14H2,1-4H3. The summed E-state index contributed by atoms with van der Waals surface area (Å²) in [6.07, 6.45) is 2.32. The van der Waals surface area contributed by atoms with Crippen LogP contribution in [0.5, 0.6) is 11.5 Å². The zero-order valence-corrected chi connectivity index (χ0v) is 18.5. The van der Waals surface area contributed by atoms with Crippen LogP contribution in [0.4, 0.5) is 0 Å². The summed E-state index contributed by atoms with van der Waals surface area (Å²) in [7, 11) is -0.640. The summed E-state index contributed by atoms with van der Waals surface area (Å²) in [5.74, 6) is 0.323. The zero-order valence-electron chi connectivity index (χ0n) is 17.7. The average molecular weight is 430 g/mol. The molecule has 0 saturated heterocycles. The summed E-state index contributed by atoms with van der Waals surface area (Å²) in [5, 5.41) is 0. The Balaban J connectivity index is 2.04. The van der Waals surface area contributed by atoms with Crippen molar-refractivity contribution < 1.29 is 22.7 Å². The molecule has 1 heterocycles. The maximum absolute atomic E-state index is 13.3. The fourth-order valence-corrected chi connectivity index (χ4v) is 5.02. The number of hydrogen-bond acceptors (Lipinski definition) is 5. The van der Waals surface area contributed by atoms with Crippen LogP contribution in [0.3, 0.4) is 0 Å². The van der Waals surface area contributed by atoms with Crippen LogP contribution in [0.25, 0.3) is 0 Å². The van der Waals surface area contributed by atoms with Gasteiger partial charge < -0.3 is 14.4 Å². The Hall–Kier alpha value is -2.80. The first-order valence-corrected chi connectivity index (χ1v) is 11.3. The molecule has 0 radical (unpaired) electrons. The molecule has 0 aromatic heterocycles. The number of nitrogens with zero attached hydrogens (tertiary/aromatic N) is 1. The Morgan fingerprint density at radius 2 is 1.70 bits per heavy atom. The third-order valence-corrected chi connectivity index (χ3v) is 7.09. The van der Waals surface area contributed by atoms with Crippen LogP contribution in [0.2, 0.25) is 0 Å². The van der Waals surface area contributed by atoms with E-state index >= 15 is 0 Å². The first-order valence-electron chi connectivity index (χ1n) is 9.86. The topological polar surface area (TPSA) is 72.9 Å². The average Bonchev–Trinajstić information content (AvgIpc) is 2.75. The molecule has 160 valence electrons. The number of carbonyl (C=O) groups is 1. The molecule has 6 nitrogen and oxygen atoms in total. The molecule has 2 aromatic carbocycles. The molecule has 7 heteroatoms. The van der Waals surface area contributed by atoms with E-state index in [0.29, 0.717) is 23.6 Å². The summed E-state index contributed by atoms with van der Waals surface area (Å²) >= 11 is 0. The maximum Gasteiger partial charge on any atom is 0.234 e. The number of allylic oxidation sites excluding steroid dienone is 1. The van der Waals surface area contributed by atoms with E-state index in [0.717, 1.165) is 12.0 Å². The van der Waals surface area contributed by atoms with Crippen LogP contribution >= 0.6 is 0 Å². The quantitative estimate of drug-likeness (QED) is 0.664. The van der Waals surface area contributed by atoms with Crippen molar-refractivity contribution >= 4 is 15.7 Å². The van der Waals surface area contributed by atoms with Gasteiger partial charge in [0.1, 0.15) is 0 Å². The molecule has 1 atom stereocenters. The molecule has 3 rings (SSSR count). The van der Waals surface area contributed by atoms with Gasteiger partial charge in [0.15, 0.2) is 11.5 Å². The van der Waals surface area contributed by atoms with Crippen molar-refractivity contribution in [2.75, 3.05) is 20.8 Å². The van der Waals surface area contributed by atoms with Crippen LogP contribution in [-0.4, -0.2) is 40.0 Å². The van der Waals surface area contributed by atoms with Gasteiger partial charge >= 0.3 is 0 Å². The number of amides is 1. The highest BCUT2D eigenvalue weighted by atomic mass is 32.2. The van der Waals surface area contributed by atoms with Gasteiger partial charge in [0, 0.05) is 19.2 Å². The summed E-state index contributed by atoms with van der Waals surface area (Å²) < 4.78 is 37.3. The molecular weight excluding hydrogens is 402 g/mol. The molecule has 2 aromatic rings. The molecule has 0 fully saturated rings. The summed E-state index contributed by atoms with van der Waals surface area (Å²) in [6, 6.07) is 12.0. The molecule has 1 amide bonds. The summed E-state index contributed by atoms with van der Waals surface area (Å²) in [5.41, 5.74) is 1.68. The second-order valence-corrected chi connectivity index (χ2v) is 9.32. The normalized spacial score (nSPS) is 16.9. The van der Waals surface area contributed by atoms with E-state index in [4.69, 9.17) is 9.47 Å². The van der Waals surface area contributed by atoms with Gasteiger partial charge in [-0.15, -0.1) is 0 Å². The lowest BCUT2D eigenvalue weighted by molar-refractivity contribution is -0.130. The molecule has 0 N–H and O–H groups in total. The van der Waals surface area contributed by atoms with Crippen molar-refractivity contribution in [1.82, 2.24) is 4.90 Å². The predicted octanol–water partition coefficient (Wildman–Crippen LogP) is 4.05. The van der Waals surface area contributed by atoms with Gasteiger partial charge in [-0.3, -0.25) is 4.79 Å². The summed E-state index contributed by atoms with van der Waals surface area (Å²) in [6.45, 7) is 4.32. The van der Waals surface area contributed by atoms with E-state index in [1.807, 2.05) is 13.8 Å². The van der Waals surface area contributed by atoms with Gasteiger partial charge in [0.2, 0.25) is 15.7 Å². The van der Waals surface area contributed by atoms with Crippen LogP contribution in [0.1, 0.15) is 36.8 Å². The van der Waals surface area contributed by atoms with Crippen LogP contribution in [0, 0.1) is 6.92 Å². The largest absolute Gasteiger partial charge is 0.493 e. The van der Waals surface area contributed by atoms with E-state index in [9.17, 15) is 13.2 Å². The second kappa shape index (κ2) is 8.92. The van der Waals surface area contributed by atoms with E-state index in [1.54, 1.807) is 49.6 Å². The molecule has 0 bridgehead atoms. The van der Waals surface area contributed by atoms with Crippen molar-refractivity contribution in [3.63, 3.8) is 0 Å². The molecule has 0 aliphatic carbocycles. The number of sulfone groups is 1. The van der Waals surface area contributed by atoms with Gasteiger partial charge in [0.25, 0.3) is 0 Å². The smallest absolute Gasteiger partial charge is 0.234 e. The molecule has 0 saturated carbocycles. The number of benzene rings is 2. The minimum Gasteiger partial charge on any atom is -0.493 e. The fraction of sp³-hybridized carbons (Fsp3) is 0.348. The third-order valence-electron chi connectivity index (χ3n) is 5.24. The van der Waals surface area contributed by atoms with Gasteiger partial charge in [-0.05, 0) is 43.2 Å². The van der Waals surface area contributed by atoms with Crippen LogP contribution in [-0.2, 0) is 14.6 Å². The Kier molecular flexibility index (Phi) is 6.51. The SMILES string of the molecule is CCCN1C=C(S(=O)(=O)c2ccc(C)cc2)CC(c2ccc(OC)c(OC)c2)C1=O. The first kappa shape index (κ1) is 21.9. The van der Waals surface area contributed by atoms with Crippen molar-refractivity contribution in [1.29, 1.82) is 0 Å². The zero-order chi connectivity index (χ0) is 21.9. The Bertz CT molecular complexity index is 1060. The van der Waals surface area contributed by atoms with Crippen LogP contribution < -0.4 is 9.47 Å². The van der Waals surface area contributed by atoms with E-state index in [-0.39, 0.29) is 22.1 Å². The van der Waals surface area contributed by atoms with Gasteiger partial charge in [-0.25, -0.2) is 8.42 Å². The Morgan fingerprint density at radius 3 is 2.30 bits per heavy atom. The lowest BCUT2D eigenvalue weighted by Gasteiger charge is -2.31. The van der Waals surface area contributed by atoms with Gasteiger partial charge in [0.05, 0.1) is 29.9 Å². The van der Waals surface area contributed by atoms with Crippen LogP contribution in [0.15, 0.2) is 58.5 Å². The van der Waals surface area contributed by atoms with E-state index < -0.39 is 15.8 Å². The number of aryl methyl sites for hydroxylation is 1. The van der Waals surface area contributed by atoms with Crippen molar-refractivity contribution in [3.8, 4) is 11.5 Å². The summed E-state index contributed by atoms with van der Waals surface area (Å²) in [4.78, 5) is 15.1. The third kappa shape index (κ3) is 4.21. The molecular formula is C23H27NO5S. The second-order valence-electron chi connectivity index (χ2n) is 7.31. The number of carbonyl (C=O) groups excluding carboxylic acids is 1. The number of ether oxygens (including phenoxy) is 2. The maximum atomic E-state index is 13.3. The number of methoxy groups -OCH3 is 2.